The van der Waals surface area contributed by atoms with Crippen LogP contribution in [0, 0.1) is 11.8 Å². The molecule has 2 rings (SSSR count). The third-order valence-corrected chi connectivity index (χ3v) is 2.89. The van der Waals surface area contributed by atoms with E-state index >= 15 is 0 Å². The summed E-state index contributed by atoms with van der Waals surface area (Å²) in [6.07, 6.45) is 4.76. The molecule has 35 heavy (non-hydrogen) atoms. The van der Waals surface area contributed by atoms with Gasteiger partial charge in [0.2, 0.25) is 5.28 Å². The van der Waals surface area contributed by atoms with Crippen LogP contribution < -0.4 is 113 Å². The van der Waals surface area contributed by atoms with Crippen molar-refractivity contribution in [3.05, 3.63) is 41.2 Å². The Balaban J connectivity index is -0.000000129. The van der Waals surface area contributed by atoms with Crippen molar-refractivity contribution in [3.63, 3.8) is 0 Å². The van der Waals surface area contributed by atoms with Gasteiger partial charge in [-0.15, -0.1) is 0 Å². The average Bonchev–Trinajstić information content (AvgIpc) is 2.79. The van der Waals surface area contributed by atoms with Crippen molar-refractivity contribution in [2.24, 2.45) is 11.8 Å². The van der Waals surface area contributed by atoms with E-state index in [1.807, 2.05) is 27.7 Å². The second-order valence-electron chi connectivity index (χ2n) is 6.58. The Hall–Kier alpha value is -0.147. The first-order valence-electron chi connectivity index (χ1n) is 9.20. The number of aliphatic hydroxyl groups excluding tert-OH is 1. The van der Waals surface area contributed by atoms with Crippen molar-refractivity contribution in [2.45, 2.75) is 27.7 Å². The normalized spacial score (nSPS) is 8.71. The molecule has 2 aromatic heterocycles. The predicted octanol–water partition coefficient (Wildman–Crippen LogP) is -4.77. The van der Waals surface area contributed by atoms with Crippen LogP contribution in [0.25, 0.3) is 0 Å². The van der Waals surface area contributed by atoms with Crippen LogP contribution in [0.2, 0.25) is 5.28 Å². The molecule has 0 radical (unpaired) electrons. The third-order valence-electron chi connectivity index (χ3n) is 2.69. The molecule has 2 aromatic rings. The zero-order chi connectivity index (χ0) is 25.8. The monoisotopic (exact) mass is 568 g/mol. The maximum Gasteiger partial charge on any atom is 1.00 e. The van der Waals surface area contributed by atoms with Crippen LogP contribution >= 0.6 is 11.6 Å². The predicted molar refractivity (Wildman–Crippen MR) is 114 cm³/mol. The summed E-state index contributed by atoms with van der Waals surface area (Å²) in [7, 11) is 0. The largest absolute Gasteiger partial charge is 1.00 e. The maximum atomic E-state index is 10.5. The second kappa shape index (κ2) is 26.9. The number of rotatable bonds is 7. The fraction of sp³-hybridized carbons (Fsp3) is 0.421. The zero-order valence-corrected chi connectivity index (χ0v) is 27.4. The molecule has 2 heterocycles. The summed E-state index contributed by atoms with van der Waals surface area (Å²) in [6.45, 7) is 8.60. The van der Waals surface area contributed by atoms with Crippen molar-refractivity contribution >= 4 is 30.0 Å². The number of carboxylic acid groups (broad SMARTS) is 2. The van der Waals surface area contributed by atoms with Crippen molar-refractivity contribution in [1.82, 2.24) is 19.9 Å². The van der Waals surface area contributed by atoms with E-state index in [2.05, 4.69) is 24.8 Å². The van der Waals surface area contributed by atoms with Crippen LogP contribution in [0.3, 0.4) is 0 Å². The van der Waals surface area contributed by atoms with Gasteiger partial charge in [-0.3, -0.25) is 4.79 Å². The molecule has 0 spiro atoms. The van der Waals surface area contributed by atoms with Crippen LogP contribution in [-0.4, -0.2) is 66.9 Å². The minimum atomic E-state index is -1.06. The van der Waals surface area contributed by atoms with Crippen molar-refractivity contribution in [3.8, 4) is 6.01 Å². The molecule has 3 N–H and O–H groups in total. The topological polar surface area (TPSA) is 205 Å². The SMILES string of the molecule is CC(C)CO.CC(C)COc1ncc(C(=O)O)cn1.O=C(O)c1cnc(Cl)nc1.O=CO[O-].[H-].[K+].[K+]. The molecule has 0 fully saturated rings. The molecule has 0 amide bonds. The number of aliphatic hydroxyl groups is 1. The molecule has 0 unspecified atom stereocenters. The van der Waals surface area contributed by atoms with Gasteiger partial charge in [-0.2, -0.15) is 0 Å². The van der Waals surface area contributed by atoms with Gasteiger partial charge in [-0.05, 0) is 23.4 Å². The van der Waals surface area contributed by atoms with E-state index in [1.165, 1.54) is 12.4 Å². The first-order valence-corrected chi connectivity index (χ1v) is 9.58. The van der Waals surface area contributed by atoms with E-state index in [-0.39, 0.29) is 133 Å². The molecule has 0 saturated carbocycles. The van der Waals surface area contributed by atoms with E-state index < -0.39 is 11.9 Å². The summed E-state index contributed by atoms with van der Waals surface area (Å²) < 4.78 is 5.19. The van der Waals surface area contributed by atoms with E-state index in [4.69, 9.17) is 41.7 Å². The van der Waals surface area contributed by atoms with E-state index in [1.54, 1.807) is 0 Å². The molecule has 0 aliphatic rings. The third kappa shape index (κ3) is 26.7. The van der Waals surface area contributed by atoms with Gasteiger partial charge in [0, 0.05) is 31.4 Å². The van der Waals surface area contributed by atoms with Crippen LogP contribution in [0.15, 0.2) is 24.8 Å². The van der Waals surface area contributed by atoms with Crippen LogP contribution in [0.4, 0.5) is 0 Å². The number of hydrogen-bond acceptors (Lipinski definition) is 11. The number of halogens is 1. The van der Waals surface area contributed by atoms with E-state index in [0.29, 0.717) is 25.0 Å². The summed E-state index contributed by atoms with van der Waals surface area (Å²) in [6, 6.07) is 0.212. The number of carbonyl (C=O) groups is 3. The zero-order valence-electron chi connectivity index (χ0n) is 21.4. The molecule has 0 aliphatic carbocycles. The number of hydrogen-bond donors (Lipinski definition) is 3. The Kier molecular flexibility index (Phi) is 32.3. The Morgan fingerprint density at radius 2 is 1.31 bits per heavy atom. The Morgan fingerprint density at radius 3 is 1.57 bits per heavy atom. The van der Waals surface area contributed by atoms with Crippen LogP contribution in [0.1, 0.15) is 49.8 Å². The molecule has 0 aromatic carbocycles. The number of carboxylic acids is 2. The average molecular weight is 569 g/mol. The summed E-state index contributed by atoms with van der Waals surface area (Å²) in [5, 5.41) is 33.5. The van der Waals surface area contributed by atoms with Crippen molar-refractivity contribution in [1.29, 1.82) is 0 Å². The summed E-state index contributed by atoms with van der Waals surface area (Å²) in [5.41, 5.74) is 0.0892. The van der Waals surface area contributed by atoms with Gasteiger partial charge in [0.25, 0.3) is 6.47 Å². The minimum Gasteiger partial charge on any atom is -1.00 e. The van der Waals surface area contributed by atoms with Gasteiger partial charge in [-0.25, -0.2) is 29.5 Å². The van der Waals surface area contributed by atoms with Gasteiger partial charge < -0.3 is 31.6 Å². The molecule has 16 heteroatoms. The fourth-order valence-electron chi connectivity index (χ4n) is 1.17. The molecule has 186 valence electrons. The van der Waals surface area contributed by atoms with Crippen molar-refractivity contribution in [2.75, 3.05) is 13.2 Å². The summed E-state index contributed by atoms with van der Waals surface area (Å²) in [5.74, 6) is -1.27. The molecule has 0 saturated heterocycles. The smallest absolute Gasteiger partial charge is 1.00 e. The van der Waals surface area contributed by atoms with Crippen molar-refractivity contribution < 1.29 is 149 Å². The molecular formula is C19H27ClK2N4O9. The first kappa shape index (κ1) is 42.0. The molecule has 0 atom stereocenters. The molecular weight excluding hydrogens is 542 g/mol. The van der Waals surface area contributed by atoms with Gasteiger partial charge in [0.1, 0.15) is 0 Å². The van der Waals surface area contributed by atoms with Gasteiger partial charge >= 0.3 is 121 Å². The Morgan fingerprint density at radius 1 is 0.971 bits per heavy atom. The fourth-order valence-corrected chi connectivity index (χ4v) is 1.26. The summed E-state index contributed by atoms with van der Waals surface area (Å²) >= 11 is 5.30. The number of aromatic carboxylic acids is 2. The minimum absolute atomic E-state index is 0. The van der Waals surface area contributed by atoms with Gasteiger partial charge in [-0.1, -0.05) is 27.7 Å². The first-order chi connectivity index (χ1) is 15.5. The Labute approximate surface area is 294 Å². The number of ether oxygens (including phenoxy) is 1. The molecule has 0 bridgehead atoms. The number of aromatic nitrogens is 4. The quantitative estimate of drug-likeness (QED) is 0.0944. The van der Waals surface area contributed by atoms with E-state index in [9.17, 15) is 9.59 Å². The van der Waals surface area contributed by atoms with Crippen LogP contribution in [0.5, 0.6) is 6.01 Å². The summed E-state index contributed by atoms with van der Waals surface area (Å²) in [4.78, 5) is 46.4. The Bertz CT molecular complexity index is 822. The van der Waals surface area contributed by atoms with Gasteiger partial charge in [0.15, 0.2) is 0 Å². The molecule has 13 nitrogen and oxygen atoms in total. The standard InChI is InChI=1S/C9H12N2O3.C5H3ClN2O2.C4H10O.CH2O3.2K.H/c1-6(2)5-14-9-10-3-7(4-11-9)8(12)13;6-5-7-1-3(2-8-5)4(9)10;1-4(2)3-5;2-1-4-3;;;/h3-4,6H,5H2,1-2H3,(H,12,13);1-2H,(H,9,10);4-5H,3H2,1-2H3;1,3H;;;/q;;;;2*+1;-1/p-1. The number of carbonyl (C=O) groups excluding carboxylic acids is 1. The van der Waals surface area contributed by atoms with Gasteiger partial charge in [0.05, 0.1) is 17.7 Å². The molecule has 0 aliphatic heterocycles. The second-order valence-corrected chi connectivity index (χ2v) is 6.92. The van der Waals surface area contributed by atoms with Crippen LogP contribution in [-0.2, 0) is 9.68 Å². The maximum absolute atomic E-state index is 10.5. The number of nitrogens with zero attached hydrogens (tertiary/aromatic N) is 4. The van der Waals surface area contributed by atoms with E-state index in [0.717, 1.165) is 12.4 Å².